The van der Waals surface area contributed by atoms with E-state index in [4.69, 9.17) is 19.2 Å². The third-order valence-electron chi connectivity index (χ3n) is 4.99. The van der Waals surface area contributed by atoms with Crippen molar-refractivity contribution >= 4 is 29.1 Å². The van der Waals surface area contributed by atoms with Crippen LogP contribution in [0.25, 0.3) is 10.9 Å². The zero-order chi connectivity index (χ0) is 20.0. The molecule has 2 heterocycles. The molecule has 142 valence electrons. The third kappa shape index (κ3) is 2.88. The first-order valence-corrected chi connectivity index (χ1v) is 8.45. The number of nitrogens with one attached hydrogen (secondary N) is 1. The van der Waals surface area contributed by atoms with E-state index in [1.54, 1.807) is 4.73 Å². The van der Waals surface area contributed by atoms with Crippen LogP contribution >= 0.6 is 0 Å². The van der Waals surface area contributed by atoms with Gasteiger partial charge in [0.1, 0.15) is 0 Å². The van der Waals surface area contributed by atoms with E-state index in [-0.39, 0.29) is 17.5 Å². The number of benzene rings is 1. The highest BCUT2D eigenvalue weighted by Gasteiger charge is 2.56. The lowest BCUT2D eigenvalue weighted by atomic mass is 9.66. The summed E-state index contributed by atoms with van der Waals surface area (Å²) in [6.45, 7) is 7.58. The summed E-state index contributed by atoms with van der Waals surface area (Å²) < 4.78 is 7.22. The van der Waals surface area contributed by atoms with Gasteiger partial charge in [-0.25, -0.2) is 9.59 Å². The summed E-state index contributed by atoms with van der Waals surface area (Å²) in [7, 11) is 0. The molecule has 2 aromatic rings. The van der Waals surface area contributed by atoms with E-state index < -0.39 is 17.7 Å². The molecule has 8 nitrogen and oxygen atoms in total. The first kappa shape index (κ1) is 18.7. The number of ether oxygens (including phenoxy) is 1. The molecule has 1 aliphatic carbocycles. The van der Waals surface area contributed by atoms with E-state index in [1.807, 2.05) is 31.2 Å². The first-order chi connectivity index (χ1) is 12.6. The predicted molar refractivity (Wildman–Crippen MR) is 92.6 cm³/mol. The Bertz CT molecular complexity index is 970. The number of alkyl carbamates (subject to hydrolysis) is 1. The number of carbonyl (C=O) groups excluding carboxylic acids is 4. The highest BCUT2D eigenvalue weighted by Crippen LogP contribution is 2.53. The quantitative estimate of drug-likeness (QED) is 0.823. The van der Waals surface area contributed by atoms with Crippen molar-refractivity contribution in [1.82, 2.24) is 10.0 Å². The molecule has 2 atom stereocenters. The van der Waals surface area contributed by atoms with Gasteiger partial charge in [0, 0.05) is 23.3 Å². The normalized spacial score (nSPS) is 24.4. The minimum atomic E-state index is -0.487. The molecule has 4 rings (SSSR count). The van der Waals surface area contributed by atoms with Gasteiger partial charge in [-0.15, -0.1) is 0 Å². The predicted octanol–water partition coefficient (Wildman–Crippen LogP) is 2.25. The Morgan fingerprint density at radius 1 is 1.30 bits per heavy atom. The lowest BCUT2D eigenvalue weighted by Gasteiger charge is -2.42. The lowest BCUT2D eigenvalue weighted by Crippen LogP contribution is -2.50. The second-order valence-electron chi connectivity index (χ2n) is 7.63. The maximum absolute atomic E-state index is 11.9. The van der Waals surface area contributed by atoms with Crippen molar-refractivity contribution < 1.29 is 28.8 Å². The Hall–Kier alpha value is -3.12. The van der Waals surface area contributed by atoms with Gasteiger partial charge in [-0.05, 0) is 19.4 Å². The Balaban J connectivity index is 0.000000659. The van der Waals surface area contributed by atoms with Crippen LogP contribution in [0.15, 0.2) is 24.3 Å². The highest BCUT2D eigenvalue weighted by atomic mass is 16.7. The van der Waals surface area contributed by atoms with Crippen LogP contribution in [0.4, 0.5) is 4.79 Å². The minimum absolute atomic E-state index is 0.250. The third-order valence-corrected chi connectivity index (χ3v) is 4.99. The summed E-state index contributed by atoms with van der Waals surface area (Å²) in [6.07, 6.45) is 0.117. The summed E-state index contributed by atoms with van der Waals surface area (Å²) >= 11 is 0. The Labute approximate surface area is 155 Å². The van der Waals surface area contributed by atoms with E-state index in [0.29, 0.717) is 6.42 Å². The van der Waals surface area contributed by atoms with Gasteiger partial charge >= 0.3 is 18.2 Å². The molecule has 1 N–H and O–H groups in total. The van der Waals surface area contributed by atoms with Crippen molar-refractivity contribution in [3.05, 3.63) is 35.5 Å². The Morgan fingerprint density at radius 3 is 2.56 bits per heavy atom. The molecule has 1 fully saturated rings. The summed E-state index contributed by atoms with van der Waals surface area (Å²) in [5.41, 5.74) is 1.81. The Kier molecular flexibility index (Phi) is 4.32. The first-order valence-electron chi connectivity index (χ1n) is 8.45. The number of rotatable bonds is 1. The number of fused-ring (bicyclic) bond motifs is 5. The summed E-state index contributed by atoms with van der Waals surface area (Å²) in [5, 5.41) is 3.90. The second-order valence-corrected chi connectivity index (χ2v) is 7.63. The molecule has 0 spiro atoms. The molecular weight excluding hydrogens is 352 g/mol. The molecule has 1 amide bonds. The lowest BCUT2D eigenvalue weighted by molar-refractivity contribution is -0.191. The van der Waals surface area contributed by atoms with Crippen molar-refractivity contribution in [2.24, 2.45) is 0 Å². The number of carbonyl (C=O) groups is 2. The van der Waals surface area contributed by atoms with Gasteiger partial charge in [-0.1, -0.05) is 32.0 Å². The van der Waals surface area contributed by atoms with Crippen LogP contribution < -0.4 is 10.2 Å². The van der Waals surface area contributed by atoms with Gasteiger partial charge in [-0.3, -0.25) is 0 Å². The van der Waals surface area contributed by atoms with Crippen LogP contribution in [-0.4, -0.2) is 28.5 Å². The summed E-state index contributed by atoms with van der Waals surface area (Å²) in [6, 6.07) is 7.72. The smallest absolute Gasteiger partial charge is 0.408 e. The molecule has 1 aromatic carbocycles. The van der Waals surface area contributed by atoms with E-state index in [1.165, 1.54) is 6.92 Å². The molecule has 0 bridgehead atoms. The molecule has 27 heavy (non-hydrogen) atoms. The molecule has 2 aliphatic rings. The maximum Gasteiger partial charge on any atom is 0.408 e. The average molecular weight is 372 g/mol. The fraction of sp³-hybridized carbons (Fsp3) is 0.421. The van der Waals surface area contributed by atoms with Crippen LogP contribution in [0.2, 0.25) is 0 Å². The Morgan fingerprint density at radius 2 is 1.93 bits per heavy atom. The van der Waals surface area contributed by atoms with Crippen molar-refractivity contribution in [2.45, 2.75) is 51.2 Å². The SMILES string of the molecule is CC(=O)On1c2c(c3ccccc31)C1OC(=O)N[C@@]1(C)CC2(C)C.O=C=O. The maximum atomic E-state index is 11.9. The molecular formula is C19H20N2O6. The standard InChI is InChI=1S/C18H20N2O4.CO2/c1-10(21)24-20-12-8-6-5-7-11(12)13-14(20)17(2,3)9-18(4)15(13)23-16(22)19-18;2-1-3/h5-8,15H,9H2,1-4H3,(H,19,22);/t15?,18-;/m0./s1. The average Bonchev–Trinajstić information content (AvgIpc) is 3.02. The topological polar surface area (TPSA) is 104 Å². The van der Waals surface area contributed by atoms with Crippen molar-refractivity contribution in [2.75, 3.05) is 0 Å². The zero-order valence-electron chi connectivity index (χ0n) is 15.5. The number of hydrogen-bond donors (Lipinski definition) is 1. The zero-order valence-corrected chi connectivity index (χ0v) is 15.5. The van der Waals surface area contributed by atoms with Gasteiger partial charge in [0.15, 0.2) is 6.10 Å². The molecule has 1 saturated heterocycles. The van der Waals surface area contributed by atoms with E-state index in [2.05, 4.69) is 19.2 Å². The highest BCUT2D eigenvalue weighted by molar-refractivity contribution is 5.88. The van der Waals surface area contributed by atoms with E-state index in [9.17, 15) is 9.59 Å². The second kappa shape index (κ2) is 6.25. The monoisotopic (exact) mass is 372 g/mol. The van der Waals surface area contributed by atoms with Gasteiger partial charge in [-0.2, -0.15) is 14.3 Å². The molecule has 1 unspecified atom stereocenters. The number of para-hydroxylation sites is 1. The number of aromatic nitrogens is 1. The molecule has 0 saturated carbocycles. The van der Waals surface area contributed by atoms with Crippen LogP contribution in [0.3, 0.4) is 0 Å². The van der Waals surface area contributed by atoms with Crippen molar-refractivity contribution in [3.8, 4) is 0 Å². The fourth-order valence-corrected chi connectivity index (χ4v) is 4.45. The fourth-order valence-electron chi connectivity index (χ4n) is 4.45. The van der Waals surface area contributed by atoms with E-state index in [0.717, 1.165) is 22.2 Å². The molecule has 0 radical (unpaired) electrons. The number of hydrogen-bond acceptors (Lipinski definition) is 6. The number of nitrogens with zero attached hydrogens (tertiary/aromatic N) is 1. The molecule has 1 aromatic heterocycles. The molecule has 8 heteroatoms. The largest absolute Gasteiger partial charge is 0.439 e. The van der Waals surface area contributed by atoms with Crippen LogP contribution in [0.5, 0.6) is 0 Å². The van der Waals surface area contributed by atoms with Gasteiger partial charge in [0.25, 0.3) is 0 Å². The van der Waals surface area contributed by atoms with Crippen LogP contribution in [-0.2, 0) is 24.5 Å². The summed E-state index contributed by atoms with van der Waals surface area (Å²) in [4.78, 5) is 45.4. The van der Waals surface area contributed by atoms with Crippen LogP contribution in [0, 0.1) is 0 Å². The van der Waals surface area contributed by atoms with E-state index >= 15 is 0 Å². The van der Waals surface area contributed by atoms with Gasteiger partial charge in [0.05, 0.1) is 16.7 Å². The summed E-state index contributed by atoms with van der Waals surface area (Å²) in [5.74, 6) is -0.385. The van der Waals surface area contributed by atoms with Crippen LogP contribution in [0.1, 0.15) is 51.5 Å². The van der Waals surface area contributed by atoms with Crippen molar-refractivity contribution in [3.63, 3.8) is 0 Å². The van der Waals surface area contributed by atoms with Gasteiger partial charge < -0.3 is 14.9 Å². The van der Waals surface area contributed by atoms with Gasteiger partial charge in [0.2, 0.25) is 0 Å². The molecule has 1 aliphatic heterocycles. The number of amides is 1. The van der Waals surface area contributed by atoms with Crippen molar-refractivity contribution in [1.29, 1.82) is 0 Å². The minimum Gasteiger partial charge on any atom is -0.439 e.